The van der Waals surface area contributed by atoms with Gasteiger partial charge in [-0.05, 0) is 20.3 Å². The lowest BCUT2D eigenvalue weighted by Gasteiger charge is -2.15. The molecule has 0 N–H and O–H groups in total. The minimum absolute atomic E-state index is 0.0954. The summed E-state index contributed by atoms with van der Waals surface area (Å²) in [5.41, 5.74) is -0.110. The van der Waals surface area contributed by atoms with Crippen LogP contribution in [0.2, 0.25) is 0 Å². The van der Waals surface area contributed by atoms with Gasteiger partial charge < -0.3 is 4.74 Å². The van der Waals surface area contributed by atoms with E-state index in [1.165, 1.54) is 0 Å². The van der Waals surface area contributed by atoms with Crippen LogP contribution in [0.25, 0.3) is 0 Å². The zero-order valence-corrected chi connectivity index (χ0v) is 7.80. The van der Waals surface area contributed by atoms with Gasteiger partial charge in [0.15, 0.2) is 0 Å². The summed E-state index contributed by atoms with van der Waals surface area (Å²) in [4.78, 5) is 11.4. The Labute approximate surface area is 73.6 Å². The van der Waals surface area contributed by atoms with E-state index in [2.05, 4.69) is 6.58 Å². The van der Waals surface area contributed by atoms with Crippen molar-refractivity contribution in [1.29, 1.82) is 0 Å². The molecule has 2 heteroatoms. The fourth-order valence-electron chi connectivity index (χ4n) is 1.55. The van der Waals surface area contributed by atoms with Crippen LogP contribution >= 0.6 is 0 Å². The maximum absolute atomic E-state index is 11.4. The van der Waals surface area contributed by atoms with Crippen molar-refractivity contribution in [2.75, 3.05) is 6.61 Å². The normalized spacial score (nSPS) is 27.0. The highest BCUT2D eigenvalue weighted by Gasteiger charge is 2.35. The van der Waals surface area contributed by atoms with Crippen molar-refractivity contribution in [3.63, 3.8) is 0 Å². The summed E-state index contributed by atoms with van der Waals surface area (Å²) in [6, 6.07) is 0. The Morgan fingerprint density at radius 2 is 2.42 bits per heavy atom. The number of carbonyl (C=O) groups excluding carboxylic acids is 1. The lowest BCUT2D eigenvalue weighted by Crippen LogP contribution is -2.18. The van der Waals surface area contributed by atoms with Gasteiger partial charge in [0.1, 0.15) is 5.78 Å². The lowest BCUT2D eigenvalue weighted by atomic mass is 9.93. The first-order chi connectivity index (χ1) is 5.55. The predicted molar refractivity (Wildman–Crippen MR) is 48.0 cm³/mol. The first kappa shape index (κ1) is 9.46. The molecule has 1 heterocycles. The van der Waals surface area contributed by atoms with Crippen LogP contribution in [0.3, 0.4) is 0 Å². The van der Waals surface area contributed by atoms with E-state index in [-0.39, 0.29) is 17.3 Å². The van der Waals surface area contributed by atoms with E-state index in [1.807, 2.05) is 13.8 Å². The van der Waals surface area contributed by atoms with Gasteiger partial charge in [0.2, 0.25) is 0 Å². The van der Waals surface area contributed by atoms with E-state index in [9.17, 15) is 4.79 Å². The largest absolute Gasteiger partial charge is 0.375 e. The SMILES string of the molecule is C=CCC(=O)[C@H]1COC(C)(C)C1. The van der Waals surface area contributed by atoms with E-state index >= 15 is 0 Å². The fourth-order valence-corrected chi connectivity index (χ4v) is 1.55. The summed E-state index contributed by atoms with van der Waals surface area (Å²) in [6.45, 7) is 8.17. The summed E-state index contributed by atoms with van der Waals surface area (Å²) >= 11 is 0. The molecule has 1 rings (SSSR count). The third-order valence-electron chi connectivity index (χ3n) is 2.21. The van der Waals surface area contributed by atoms with E-state index < -0.39 is 0 Å². The summed E-state index contributed by atoms with van der Waals surface area (Å²) in [5, 5.41) is 0. The topological polar surface area (TPSA) is 26.3 Å². The molecule has 0 aromatic heterocycles. The van der Waals surface area contributed by atoms with Crippen molar-refractivity contribution < 1.29 is 9.53 Å². The van der Waals surface area contributed by atoms with Crippen molar-refractivity contribution in [3.05, 3.63) is 12.7 Å². The third kappa shape index (κ3) is 2.18. The molecule has 0 radical (unpaired) electrons. The average molecular weight is 168 g/mol. The zero-order valence-electron chi connectivity index (χ0n) is 7.80. The Bertz CT molecular complexity index is 194. The van der Waals surface area contributed by atoms with E-state index in [0.717, 1.165) is 6.42 Å². The monoisotopic (exact) mass is 168 g/mol. The highest BCUT2D eigenvalue weighted by molar-refractivity contribution is 5.82. The number of ether oxygens (including phenoxy) is 1. The van der Waals surface area contributed by atoms with Gasteiger partial charge in [-0.25, -0.2) is 0 Å². The Morgan fingerprint density at radius 3 is 2.83 bits per heavy atom. The Morgan fingerprint density at radius 1 is 1.75 bits per heavy atom. The molecule has 0 amide bonds. The molecule has 1 atom stereocenters. The summed E-state index contributed by atoms with van der Waals surface area (Å²) in [7, 11) is 0. The summed E-state index contributed by atoms with van der Waals surface area (Å²) in [6.07, 6.45) is 2.98. The van der Waals surface area contributed by atoms with Gasteiger partial charge >= 0.3 is 0 Å². The van der Waals surface area contributed by atoms with E-state index in [1.54, 1.807) is 6.08 Å². The van der Waals surface area contributed by atoms with Gasteiger partial charge in [0.25, 0.3) is 0 Å². The van der Waals surface area contributed by atoms with Crippen LogP contribution in [0, 0.1) is 5.92 Å². The van der Waals surface area contributed by atoms with Gasteiger partial charge in [-0.3, -0.25) is 4.79 Å². The molecule has 0 aromatic carbocycles. The number of Topliss-reactive ketones (excluding diaryl/α,β-unsaturated/α-hetero) is 1. The lowest BCUT2D eigenvalue weighted by molar-refractivity contribution is -0.121. The molecule has 12 heavy (non-hydrogen) atoms. The van der Waals surface area contributed by atoms with Crippen molar-refractivity contribution >= 4 is 5.78 Å². The van der Waals surface area contributed by atoms with Crippen LogP contribution < -0.4 is 0 Å². The molecule has 1 saturated heterocycles. The standard InChI is InChI=1S/C10H16O2/c1-4-5-9(11)8-6-10(2,3)12-7-8/h4,8H,1,5-7H2,2-3H3/t8-/m1/s1. The van der Waals surface area contributed by atoms with Crippen molar-refractivity contribution in [1.82, 2.24) is 0 Å². The third-order valence-corrected chi connectivity index (χ3v) is 2.21. The number of hydrogen-bond donors (Lipinski definition) is 0. The molecule has 68 valence electrons. The van der Waals surface area contributed by atoms with Gasteiger partial charge in [-0.15, -0.1) is 6.58 Å². The molecule has 0 bridgehead atoms. The maximum Gasteiger partial charge on any atom is 0.142 e. The van der Waals surface area contributed by atoms with E-state index in [4.69, 9.17) is 4.74 Å². The first-order valence-corrected chi connectivity index (χ1v) is 4.33. The van der Waals surface area contributed by atoms with Crippen LogP contribution in [0.1, 0.15) is 26.7 Å². The second kappa shape index (κ2) is 3.40. The molecule has 0 aromatic rings. The van der Waals surface area contributed by atoms with Crippen LogP contribution in [0.15, 0.2) is 12.7 Å². The molecular formula is C10H16O2. The number of allylic oxidation sites excluding steroid dienone is 1. The van der Waals surface area contributed by atoms with Crippen LogP contribution in [-0.2, 0) is 9.53 Å². The van der Waals surface area contributed by atoms with Crippen LogP contribution in [0.4, 0.5) is 0 Å². The van der Waals surface area contributed by atoms with Gasteiger partial charge in [0, 0.05) is 12.3 Å². The Balaban J connectivity index is 2.46. The van der Waals surface area contributed by atoms with Crippen molar-refractivity contribution in [2.24, 2.45) is 5.92 Å². The van der Waals surface area contributed by atoms with Crippen molar-refractivity contribution in [3.8, 4) is 0 Å². The second-order valence-corrected chi connectivity index (χ2v) is 3.93. The zero-order chi connectivity index (χ0) is 9.19. The molecule has 0 unspecified atom stereocenters. The minimum atomic E-state index is -0.110. The summed E-state index contributed by atoms with van der Waals surface area (Å²) < 4.78 is 5.47. The maximum atomic E-state index is 11.4. The molecule has 1 aliphatic heterocycles. The molecule has 0 spiro atoms. The molecule has 1 fully saturated rings. The van der Waals surface area contributed by atoms with Crippen LogP contribution in [0.5, 0.6) is 0 Å². The second-order valence-electron chi connectivity index (χ2n) is 3.93. The number of ketones is 1. The molecular weight excluding hydrogens is 152 g/mol. The average Bonchev–Trinajstić information content (AvgIpc) is 2.31. The molecule has 2 nitrogen and oxygen atoms in total. The highest BCUT2D eigenvalue weighted by Crippen LogP contribution is 2.30. The fraction of sp³-hybridized carbons (Fsp3) is 0.700. The van der Waals surface area contributed by atoms with E-state index in [0.29, 0.717) is 13.0 Å². The molecule has 1 aliphatic rings. The van der Waals surface area contributed by atoms with Crippen molar-refractivity contribution in [2.45, 2.75) is 32.3 Å². The number of rotatable bonds is 3. The Kier molecular flexibility index (Phi) is 2.68. The Hall–Kier alpha value is -0.630. The van der Waals surface area contributed by atoms with Gasteiger partial charge in [0.05, 0.1) is 12.2 Å². The predicted octanol–water partition coefficient (Wildman–Crippen LogP) is 1.95. The minimum Gasteiger partial charge on any atom is -0.375 e. The molecule has 0 saturated carbocycles. The number of carbonyl (C=O) groups is 1. The highest BCUT2D eigenvalue weighted by atomic mass is 16.5. The number of hydrogen-bond acceptors (Lipinski definition) is 2. The van der Waals surface area contributed by atoms with Gasteiger partial charge in [-0.2, -0.15) is 0 Å². The van der Waals surface area contributed by atoms with Crippen LogP contribution in [-0.4, -0.2) is 18.0 Å². The smallest absolute Gasteiger partial charge is 0.142 e. The first-order valence-electron chi connectivity index (χ1n) is 4.33. The quantitative estimate of drug-likeness (QED) is 0.602. The molecule has 0 aliphatic carbocycles. The summed E-state index contributed by atoms with van der Waals surface area (Å²) in [5.74, 6) is 0.355. The van der Waals surface area contributed by atoms with Gasteiger partial charge in [-0.1, -0.05) is 6.08 Å².